The molecule has 2 N–H and O–H groups in total. The average molecular weight is 441 g/mol. The van der Waals surface area contributed by atoms with Gasteiger partial charge in [0.2, 0.25) is 5.89 Å². The molecular weight excluding hydrogens is 426 g/mol. The van der Waals surface area contributed by atoms with E-state index in [9.17, 15) is 5.26 Å². The van der Waals surface area contributed by atoms with Crippen molar-refractivity contribution in [3.63, 3.8) is 0 Å². The van der Waals surface area contributed by atoms with Crippen LogP contribution in [0.4, 0.5) is 5.69 Å². The summed E-state index contributed by atoms with van der Waals surface area (Å²) in [6.45, 7) is 1.94. The zero-order valence-corrected chi connectivity index (χ0v) is 16.8. The number of nitriles is 1. The molecule has 2 unspecified atom stereocenters. The standard InChI is InChI=1S/C21H15BrClN3O/c1-21(23)16(12-4-2-5-15(25)9-12)6-3-7-17(21)20-26-18-10-14(22)8-13(11-24)19(18)27-20/h2-10,17H,25H2,1H3. The highest BCUT2D eigenvalue weighted by Gasteiger charge is 2.40. The van der Waals surface area contributed by atoms with Crippen LogP contribution in [0, 0.1) is 11.3 Å². The molecule has 27 heavy (non-hydrogen) atoms. The third-order valence-electron chi connectivity index (χ3n) is 4.73. The average Bonchev–Trinajstić information content (AvgIpc) is 3.03. The molecule has 0 radical (unpaired) electrons. The second-order valence-electron chi connectivity index (χ2n) is 6.61. The van der Waals surface area contributed by atoms with E-state index in [1.165, 1.54) is 0 Å². The van der Waals surface area contributed by atoms with E-state index in [4.69, 9.17) is 21.8 Å². The third kappa shape index (κ3) is 3.05. The number of allylic oxidation sites excluding steroid dienone is 4. The largest absolute Gasteiger partial charge is 0.439 e. The summed E-state index contributed by atoms with van der Waals surface area (Å²) in [4.78, 5) is 3.83. The molecule has 0 aliphatic heterocycles. The van der Waals surface area contributed by atoms with Gasteiger partial charge in [-0.25, -0.2) is 4.98 Å². The van der Waals surface area contributed by atoms with Crippen molar-refractivity contribution in [3.8, 4) is 6.07 Å². The van der Waals surface area contributed by atoms with Gasteiger partial charge in [-0.3, -0.25) is 0 Å². The molecule has 0 amide bonds. The number of anilines is 1. The Labute approximate surface area is 170 Å². The van der Waals surface area contributed by atoms with Crippen LogP contribution >= 0.6 is 27.5 Å². The summed E-state index contributed by atoms with van der Waals surface area (Å²) in [5.41, 5.74) is 10.0. The van der Waals surface area contributed by atoms with Gasteiger partial charge in [0.1, 0.15) is 11.6 Å². The minimum atomic E-state index is -0.784. The van der Waals surface area contributed by atoms with Crippen LogP contribution in [0.1, 0.15) is 29.9 Å². The van der Waals surface area contributed by atoms with Crippen LogP contribution in [0.25, 0.3) is 16.7 Å². The molecule has 2 atom stereocenters. The number of halogens is 2. The smallest absolute Gasteiger partial charge is 0.204 e. The lowest BCUT2D eigenvalue weighted by molar-refractivity contribution is 0.478. The Morgan fingerprint density at radius 3 is 2.89 bits per heavy atom. The number of rotatable bonds is 2. The number of nitrogens with zero attached hydrogens (tertiary/aromatic N) is 2. The van der Waals surface area contributed by atoms with Crippen molar-refractivity contribution in [2.45, 2.75) is 17.7 Å². The van der Waals surface area contributed by atoms with Crippen LogP contribution in [0.15, 0.2) is 63.5 Å². The van der Waals surface area contributed by atoms with Crippen molar-refractivity contribution in [1.29, 1.82) is 5.26 Å². The van der Waals surface area contributed by atoms with E-state index in [0.29, 0.717) is 28.2 Å². The van der Waals surface area contributed by atoms with Crippen molar-refractivity contribution >= 4 is 49.9 Å². The predicted molar refractivity (Wildman–Crippen MR) is 111 cm³/mol. The number of nitrogen functional groups attached to an aromatic ring is 1. The van der Waals surface area contributed by atoms with Crippen molar-refractivity contribution < 1.29 is 4.42 Å². The number of aromatic nitrogens is 1. The number of oxazole rings is 1. The fourth-order valence-electron chi connectivity index (χ4n) is 3.40. The number of fused-ring (bicyclic) bond motifs is 1. The molecule has 3 aromatic rings. The molecule has 0 saturated carbocycles. The van der Waals surface area contributed by atoms with Gasteiger partial charge in [-0.15, -0.1) is 11.6 Å². The topological polar surface area (TPSA) is 75.8 Å². The van der Waals surface area contributed by atoms with Gasteiger partial charge >= 0.3 is 0 Å². The zero-order valence-electron chi connectivity index (χ0n) is 14.4. The summed E-state index contributed by atoms with van der Waals surface area (Å²) < 4.78 is 6.76. The van der Waals surface area contributed by atoms with Crippen molar-refractivity contribution in [2.75, 3.05) is 5.73 Å². The fourth-order valence-corrected chi connectivity index (χ4v) is 4.19. The summed E-state index contributed by atoms with van der Waals surface area (Å²) in [7, 11) is 0. The van der Waals surface area contributed by atoms with Gasteiger partial charge in [-0.1, -0.05) is 46.3 Å². The first-order chi connectivity index (χ1) is 12.9. The minimum absolute atomic E-state index is 0.293. The lowest BCUT2D eigenvalue weighted by Gasteiger charge is -2.33. The molecule has 1 aliphatic rings. The van der Waals surface area contributed by atoms with E-state index in [1.807, 2.05) is 55.5 Å². The van der Waals surface area contributed by atoms with Gasteiger partial charge in [0, 0.05) is 10.2 Å². The number of hydrogen-bond acceptors (Lipinski definition) is 4. The monoisotopic (exact) mass is 439 g/mol. The Morgan fingerprint density at radius 1 is 1.33 bits per heavy atom. The summed E-state index contributed by atoms with van der Waals surface area (Å²) in [6.07, 6.45) is 5.90. The number of nitrogens with two attached hydrogens (primary N) is 1. The molecule has 4 nitrogen and oxygen atoms in total. The summed E-state index contributed by atoms with van der Waals surface area (Å²) >= 11 is 10.4. The predicted octanol–water partition coefficient (Wildman–Crippen LogP) is 5.78. The maximum absolute atomic E-state index is 9.38. The summed E-state index contributed by atoms with van der Waals surface area (Å²) in [5, 5.41) is 9.38. The summed E-state index contributed by atoms with van der Waals surface area (Å²) in [6, 6.07) is 13.3. The molecule has 0 fully saturated rings. The van der Waals surface area contributed by atoms with Gasteiger partial charge in [0.25, 0.3) is 0 Å². The Morgan fingerprint density at radius 2 is 2.15 bits per heavy atom. The fraction of sp³-hybridized carbons (Fsp3) is 0.143. The Hall–Kier alpha value is -2.55. The minimum Gasteiger partial charge on any atom is -0.439 e. The molecule has 134 valence electrons. The quantitative estimate of drug-likeness (QED) is 0.405. The van der Waals surface area contributed by atoms with Crippen LogP contribution in [0.2, 0.25) is 0 Å². The van der Waals surface area contributed by atoms with Crippen molar-refractivity contribution in [3.05, 3.63) is 76.1 Å². The second-order valence-corrected chi connectivity index (χ2v) is 8.31. The summed E-state index contributed by atoms with van der Waals surface area (Å²) in [5.74, 6) is 0.182. The molecule has 1 aromatic heterocycles. The molecule has 4 rings (SSSR count). The van der Waals surface area contributed by atoms with E-state index in [2.05, 4.69) is 27.0 Å². The van der Waals surface area contributed by atoms with Gasteiger partial charge in [0.15, 0.2) is 5.58 Å². The normalized spacial score (nSPS) is 21.9. The van der Waals surface area contributed by atoms with Crippen LogP contribution in [-0.4, -0.2) is 9.86 Å². The lowest BCUT2D eigenvalue weighted by Crippen LogP contribution is -2.29. The first-order valence-electron chi connectivity index (χ1n) is 8.34. The maximum atomic E-state index is 9.38. The van der Waals surface area contributed by atoms with Crippen molar-refractivity contribution in [1.82, 2.24) is 4.98 Å². The Balaban J connectivity index is 1.81. The van der Waals surface area contributed by atoms with E-state index in [0.717, 1.165) is 15.6 Å². The molecule has 1 heterocycles. The third-order valence-corrected chi connectivity index (χ3v) is 5.63. The van der Waals surface area contributed by atoms with E-state index < -0.39 is 4.87 Å². The van der Waals surface area contributed by atoms with Gasteiger partial charge in [0.05, 0.1) is 16.4 Å². The maximum Gasteiger partial charge on any atom is 0.204 e. The molecule has 0 spiro atoms. The van der Waals surface area contributed by atoms with Crippen LogP contribution in [-0.2, 0) is 0 Å². The van der Waals surface area contributed by atoms with Crippen LogP contribution < -0.4 is 5.73 Å². The van der Waals surface area contributed by atoms with Gasteiger partial charge in [-0.2, -0.15) is 5.26 Å². The number of hydrogen-bond donors (Lipinski definition) is 1. The molecule has 6 heteroatoms. The van der Waals surface area contributed by atoms with Crippen LogP contribution in [0.5, 0.6) is 0 Å². The number of alkyl halides is 1. The highest BCUT2D eigenvalue weighted by atomic mass is 79.9. The molecule has 2 aromatic carbocycles. The van der Waals surface area contributed by atoms with E-state index in [-0.39, 0.29) is 5.92 Å². The van der Waals surface area contributed by atoms with E-state index in [1.54, 1.807) is 6.07 Å². The zero-order chi connectivity index (χ0) is 19.2. The SMILES string of the molecule is CC1(Cl)C(c2cccc(N)c2)=CC=CC1c1nc2cc(Br)cc(C#N)c2o1. The first kappa shape index (κ1) is 17.8. The molecular formula is C21H15BrClN3O. The lowest BCUT2D eigenvalue weighted by atomic mass is 9.79. The Bertz CT molecular complexity index is 1150. The Kier molecular flexibility index (Phi) is 4.33. The van der Waals surface area contributed by atoms with Gasteiger partial charge in [-0.05, 0) is 42.3 Å². The number of benzene rings is 2. The second kappa shape index (κ2) is 6.56. The highest BCUT2D eigenvalue weighted by molar-refractivity contribution is 9.10. The first-order valence-corrected chi connectivity index (χ1v) is 9.51. The molecule has 1 aliphatic carbocycles. The van der Waals surface area contributed by atoms with Crippen LogP contribution in [0.3, 0.4) is 0 Å². The molecule has 0 bridgehead atoms. The highest BCUT2D eigenvalue weighted by Crippen LogP contribution is 2.47. The van der Waals surface area contributed by atoms with E-state index >= 15 is 0 Å². The molecule has 0 saturated heterocycles. The van der Waals surface area contributed by atoms with Crippen molar-refractivity contribution in [2.24, 2.45) is 0 Å². The van der Waals surface area contributed by atoms with Gasteiger partial charge < -0.3 is 10.2 Å².